The van der Waals surface area contributed by atoms with Crippen LogP contribution in [0.4, 0.5) is 0 Å². The molecule has 0 saturated heterocycles. The standard InChI is InChI=1S/C26H25BrN4O4/c1-15(2)25-29-23-10-5-19(27)12-22(23)26(34)31(25)28-13-18-11-16(3)30(17(18)4)20-6-8-21(9-7-20)35-14-24(32)33/h5-13,15H,14H2,1-4H3,(H,32,33). The molecule has 0 aliphatic heterocycles. The summed E-state index contributed by atoms with van der Waals surface area (Å²) >= 11 is 3.43. The van der Waals surface area contributed by atoms with Crippen LogP contribution in [0.1, 0.15) is 42.5 Å². The Bertz CT molecular complexity index is 1500. The molecule has 2 aromatic heterocycles. The number of carbonyl (C=O) groups is 1. The predicted molar refractivity (Wildman–Crippen MR) is 139 cm³/mol. The number of halogens is 1. The van der Waals surface area contributed by atoms with Crippen molar-refractivity contribution in [2.75, 3.05) is 6.61 Å². The van der Waals surface area contributed by atoms with Crippen LogP contribution in [0.25, 0.3) is 16.6 Å². The molecule has 0 unspecified atom stereocenters. The summed E-state index contributed by atoms with van der Waals surface area (Å²) < 4.78 is 9.46. The van der Waals surface area contributed by atoms with Crippen molar-refractivity contribution in [1.29, 1.82) is 0 Å². The number of ether oxygens (including phenoxy) is 1. The maximum atomic E-state index is 13.3. The minimum Gasteiger partial charge on any atom is -0.482 e. The van der Waals surface area contributed by atoms with Crippen LogP contribution >= 0.6 is 15.9 Å². The molecule has 8 nitrogen and oxygen atoms in total. The molecular weight excluding hydrogens is 512 g/mol. The number of benzene rings is 2. The second-order valence-corrected chi connectivity index (χ2v) is 9.40. The zero-order chi connectivity index (χ0) is 25.3. The summed E-state index contributed by atoms with van der Waals surface area (Å²) in [5.74, 6) is 0.0505. The van der Waals surface area contributed by atoms with Crippen LogP contribution in [0.15, 0.2) is 62.9 Å². The molecule has 0 radical (unpaired) electrons. The highest BCUT2D eigenvalue weighted by molar-refractivity contribution is 9.10. The Morgan fingerprint density at radius 1 is 1.17 bits per heavy atom. The molecule has 0 aliphatic carbocycles. The zero-order valence-electron chi connectivity index (χ0n) is 19.8. The molecule has 2 aromatic carbocycles. The fourth-order valence-electron chi connectivity index (χ4n) is 3.92. The molecule has 180 valence electrons. The summed E-state index contributed by atoms with van der Waals surface area (Å²) in [5, 5.41) is 13.8. The Morgan fingerprint density at radius 3 is 2.54 bits per heavy atom. The van der Waals surface area contributed by atoms with Gasteiger partial charge in [0.15, 0.2) is 6.61 Å². The zero-order valence-corrected chi connectivity index (χ0v) is 21.4. The fraction of sp³-hybridized carbons (Fsp3) is 0.231. The molecular formula is C26H25BrN4O4. The summed E-state index contributed by atoms with van der Waals surface area (Å²) in [6, 6.07) is 14.7. The van der Waals surface area contributed by atoms with Gasteiger partial charge in [-0.2, -0.15) is 9.78 Å². The molecule has 0 aliphatic rings. The van der Waals surface area contributed by atoms with Gasteiger partial charge in [-0.3, -0.25) is 4.79 Å². The number of rotatable bonds is 7. The minimum absolute atomic E-state index is 0.00203. The van der Waals surface area contributed by atoms with Gasteiger partial charge in [0.1, 0.15) is 11.6 Å². The van der Waals surface area contributed by atoms with Gasteiger partial charge in [-0.1, -0.05) is 29.8 Å². The Balaban J connectivity index is 1.71. The van der Waals surface area contributed by atoms with E-state index in [9.17, 15) is 9.59 Å². The molecule has 0 saturated carbocycles. The normalized spacial score (nSPS) is 11.6. The maximum Gasteiger partial charge on any atom is 0.341 e. The lowest BCUT2D eigenvalue weighted by molar-refractivity contribution is -0.139. The van der Waals surface area contributed by atoms with Gasteiger partial charge in [0.2, 0.25) is 0 Å². The lowest BCUT2D eigenvalue weighted by Crippen LogP contribution is -2.23. The smallest absolute Gasteiger partial charge is 0.341 e. The molecule has 0 fully saturated rings. The highest BCUT2D eigenvalue weighted by atomic mass is 79.9. The minimum atomic E-state index is -1.02. The molecule has 9 heteroatoms. The Hall–Kier alpha value is -3.72. The number of nitrogens with zero attached hydrogens (tertiary/aromatic N) is 4. The van der Waals surface area contributed by atoms with Gasteiger partial charge in [-0.25, -0.2) is 9.78 Å². The van der Waals surface area contributed by atoms with Crippen LogP contribution in [0.3, 0.4) is 0 Å². The fourth-order valence-corrected chi connectivity index (χ4v) is 4.28. The number of aryl methyl sites for hydroxylation is 1. The third-order valence-electron chi connectivity index (χ3n) is 5.59. The van der Waals surface area contributed by atoms with Crippen LogP contribution < -0.4 is 10.3 Å². The lowest BCUT2D eigenvalue weighted by Gasteiger charge is -2.12. The lowest BCUT2D eigenvalue weighted by atomic mass is 10.2. The van der Waals surface area contributed by atoms with Crippen molar-refractivity contribution in [1.82, 2.24) is 14.2 Å². The maximum absolute atomic E-state index is 13.3. The van der Waals surface area contributed by atoms with E-state index in [0.717, 1.165) is 27.1 Å². The number of aliphatic carboxylic acids is 1. The van der Waals surface area contributed by atoms with Crippen molar-refractivity contribution < 1.29 is 14.6 Å². The first-order valence-electron chi connectivity index (χ1n) is 11.1. The average molecular weight is 537 g/mol. The summed E-state index contributed by atoms with van der Waals surface area (Å²) in [7, 11) is 0. The number of fused-ring (bicyclic) bond motifs is 1. The van der Waals surface area contributed by atoms with E-state index in [1.54, 1.807) is 24.4 Å². The molecule has 0 bridgehead atoms. The molecule has 0 spiro atoms. The molecule has 2 heterocycles. The first kappa shape index (κ1) is 24.4. The summed E-state index contributed by atoms with van der Waals surface area (Å²) in [4.78, 5) is 28.7. The van der Waals surface area contributed by atoms with Crippen LogP contribution in [0.2, 0.25) is 0 Å². The molecule has 4 rings (SSSR count). The van der Waals surface area contributed by atoms with Crippen molar-refractivity contribution in [2.45, 2.75) is 33.6 Å². The quantitative estimate of drug-likeness (QED) is 0.334. The number of carboxylic acid groups (broad SMARTS) is 1. The van der Waals surface area contributed by atoms with E-state index in [1.165, 1.54) is 4.68 Å². The van der Waals surface area contributed by atoms with Gasteiger partial charge in [0, 0.05) is 33.0 Å². The molecule has 0 amide bonds. The van der Waals surface area contributed by atoms with Crippen LogP contribution in [0.5, 0.6) is 5.75 Å². The topological polar surface area (TPSA) is 98.7 Å². The summed E-state index contributed by atoms with van der Waals surface area (Å²) in [6.45, 7) is 7.54. The largest absolute Gasteiger partial charge is 0.482 e. The molecule has 4 aromatic rings. The van der Waals surface area contributed by atoms with Crippen LogP contribution in [-0.2, 0) is 4.79 Å². The van der Waals surface area contributed by atoms with Gasteiger partial charge < -0.3 is 14.4 Å². The van der Waals surface area contributed by atoms with E-state index in [0.29, 0.717) is 22.5 Å². The van der Waals surface area contributed by atoms with Gasteiger partial charge in [0.25, 0.3) is 5.56 Å². The number of hydrogen-bond donors (Lipinski definition) is 1. The average Bonchev–Trinajstić information content (AvgIpc) is 3.10. The SMILES string of the molecule is Cc1cc(C=Nn2c(C(C)C)nc3ccc(Br)cc3c2=O)c(C)n1-c1ccc(OCC(=O)O)cc1. The number of carboxylic acids is 1. The third kappa shape index (κ3) is 5.05. The Morgan fingerprint density at radius 2 is 1.89 bits per heavy atom. The Labute approximate surface area is 210 Å². The predicted octanol–water partition coefficient (Wildman–Crippen LogP) is 5.04. The van der Waals surface area contributed by atoms with Crippen LogP contribution in [-0.4, -0.2) is 38.1 Å². The Kier molecular flexibility index (Phi) is 6.88. The second-order valence-electron chi connectivity index (χ2n) is 8.49. The van der Waals surface area contributed by atoms with E-state index in [2.05, 4.69) is 25.6 Å². The molecule has 1 N–H and O–H groups in total. The highest BCUT2D eigenvalue weighted by Gasteiger charge is 2.15. The summed E-state index contributed by atoms with van der Waals surface area (Å²) in [5.41, 5.74) is 4.12. The van der Waals surface area contributed by atoms with Crippen molar-refractivity contribution in [3.63, 3.8) is 0 Å². The number of hydrogen-bond acceptors (Lipinski definition) is 5. The van der Waals surface area contributed by atoms with Crippen molar-refractivity contribution in [3.8, 4) is 11.4 Å². The number of aromatic nitrogens is 3. The monoisotopic (exact) mass is 536 g/mol. The van der Waals surface area contributed by atoms with E-state index in [1.807, 2.05) is 58.0 Å². The molecule has 35 heavy (non-hydrogen) atoms. The van der Waals surface area contributed by atoms with Gasteiger partial charge in [0.05, 0.1) is 17.1 Å². The first-order chi connectivity index (χ1) is 16.7. The second kappa shape index (κ2) is 9.87. The van der Waals surface area contributed by atoms with E-state index >= 15 is 0 Å². The van der Waals surface area contributed by atoms with E-state index < -0.39 is 5.97 Å². The van der Waals surface area contributed by atoms with E-state index in [4.69, 9.17) is 14.8 Å². The van der Waals surface area contributed by atoms with Crippen molar-refractivity contribution in [3.05, 3.63) is 86.1 Å². The molecule has 0 atom stereocenters. The first-order valence-corrected chi connectivity index (χ1v) is 11.9. The van der Waals surface area contributed by atoms with Crippen molar-refractivity contribution in [2.24, 2.45) is 5.10 Å². The van der Waals surface area contributed by atoms with Crippen LogP contribution in [0, 0.1) is 13.8 Å². The van der Waals surface area contributed by atoms with Gasteiger partial charge in [-0.05, 0) is 62.4 Å². The van der Waals surface area contributed by atoms with Gasteiger partial charge in [-0.15, -0.1) is 0 Å². The van der Waals surface area contributed by atoms with E-state index in [-0.39, 0.29) is 18.1 Å². The highest BCUT2D eigenvalue weighted by Crippen LogP contribution is 2.23. The third-order valence-corrected chi connectivity index (χ3v) is 6.08. The van der Waals surface area contributed by atoms with Gasteiger partial charge >= 0.3 is 5.97 Å². The summed E-state index contributed by atoms with van der Waals surface area (Å²) in [6.07, 6.45) is 1.68. The van der Waals surface area contributed by atoms with Crippen molar-refractivity contribution >= 4 is 39.0 Å².